The maximum absolute atomic E-state index is 5.76. The molecule has 0 saturated carbocycles. The predicted octanol–water partition coefficient (Wildman–Crippen LogP) is 4.79. The number of nitrogens with zero attached hydrogens (tertiary/aromatic N) is 4. The highest BCUT2D eigenvalue weighted by molar-refractivity contribution is 5.77. The number of likely N-dealkylation sites (tertiary alicyclic amines) is 1. The van der Waals surface area contributed by atoms with Crippen LogP contribution < -0.4 is 4.74 Å². The first-order valence-electron chi connectivity index (χ1n) is 11.6. The number of fused-ring (bicyclic) bond motifs is 1. The minimum atomic E-state index is 0.448. The van der Waals surface area contributed by atoms with Gasteiger partial charge in [0.05, 0.1) is 13.2 Å². The van der Waals surface area contributed by atoms with Crippen molar-refractivity contribution in [3.8, 4) is 6.01 Å². The van der Waals surface area contributed by atoms with Crippen molar-refractivity contribution in [2.24, 2.45) is 0 Å². The van der Waals surface area contributed by atoms with Gasteiger partial charge in [-0.15, -0.1) is 0 Å². The van der Waals surface area contributed by atoms with Crippen molar-refractivity contribution in [3.05, 3.63) is 53.3 Å². The topological polar surface area (TPSA) is 52.4 Å². The van der Waals surface area contributed by atoms with E-state index in [2.05, 4.69) is 51.7 Å². The molecule has 31 heavy (non-hydrogen) atoms. The van der Waals surface area contributed by atoms with Crippen LogP contribution in [-0.2, 0) is 24.4 Å². The smallest absolute Gasteiger partial charge is 0.318 e. The lowest BCUT2D eigenvalue weighted by Crippen LogP contribution is -2.18. The molecule has 0 atom stereocenters. The molecule has 0 N–H and O–H groups in total. The Morgan fingerprint density at radius 3 is 2.45 bits per heavy atom. The number of unbranched alkanes of at least 4 members (excludes halogenated alkanes) is 1. The number of benzene rings is 1. The van der Waals surface area contributed by atoms with E-state index >= 15 is 0 Å². The number of aromatic nitrogens is 3. The number of rotatable bonds is 11. The quantitative estimate of drug-likeness (QED) is 0.416. The van der Waals surface area contributed by atoms with Crippen LogP contribution >= 0.6 is 0 Å². The molecule has 1 saturated heterocycles. The number of hydrogen-bond donors (Lipinski definition) is 0. The summed E-state index contributed by atoms with van der Waals surface area (Å²) >= 11 is 0. The molecule has 3 heterocycles. The van der Waals surface area contributed by atoms with Crippen molar-refractivity contribution in [2.75, 3.05) is 26.3 Å². The van der Waals surface area contributed by atoms with Gasteiger partial charge in [0.15, 0.2) is 0 Å². The van der Waals surface area contributed by atoms with E-state index in [1.165, 1.54) is 37.1 Å². The Kier molecular flexibility index (Phi) is 7.54. The zero-order valence-corrected chi connectivity index (χ0v) is 18.8. The first-order chi connectivity index (χ1) is 15.3. The van der Waals surface area contributed by atoms with Gasteiger partial charge in [-0.05, 0) is 56.5 Å². The molecule has 0 amide bonds. The molecular weight excluding hydrogens is 388 g/mol. The molecule has 1 aliphatic rings. The molecule has 6 heteroatoms. The SMILES string of the molecule is CCCCOc1ncc2cc(COCC)n(Cc3ccc(CN4CCCC4)cc3)c2n1. The Bertz CT molecular complexity index is 962. The third-order valence-electron chi connectivity index (χ3n) is 5.85. The van der Waals surface area contributed by atoms with Crippen LogP contribution in [0.25, 0.3) is 11.0 Å². The Labute approximate surface area is 185 Å². The second kappa shape index (κ2) is 10.7. The molecule has 3 aromatic rings. The monoisotopic (exact) mass is 422 g/mol. The largest absolute Gasteiger partial charge is 0.463 e. The van der Waals surface area contributed by atoms with E-state index in [1.54, 1.807) is 0 Å². The lowest BCUT2D eigenvalue weighted by atomic mass is 10.1. The van der Waals surface area contributed by atoms with Crippen LogP contribution in [0.4, 0.5) is 0 Å². The Balaban J connectivity index is 1.55. The van der Waals surface area contributed by atoms with E-state index in [0.717, 1.165) is 42.7 Å². The molecule has 1 fully saturated rings. The summed E-state index contributed by atoms with van der Waals surface area (Å²) in [5.74, 6) is 0. The summed E-state index contributed by atoms with van der Waals surface area (Å²) in [7, 11) is 0. The van der Waals surface area contributed by atoms with Gasteiger partial charge < -0.3 is 14.0 Å². The molecular formula is C25H34N4O2. The second-order valence-corrected chi connectivity index (χ2v) is 8.29. The molecule has 1 aromatic carbocycles. The first kappa shape index (κ1) is 21.8. The molecule has 0 radical (unpaired) electrons. The van der Waals surface area contributed by atoms with Crippen molar-refractivity contribution in [2.45, 2.75) is 59.2 Å². The van der Waals surface area contributed by atoms with Crippen LogP contribution in [0.15, 0.2) is 36.5 Å². The molecule has 0 spiro atoms. The van der Waals surface area contributed by atoms with Crippen LogP contribution in [-0.4, -0.2) is 45.7 Å². The maximum atomic E-state index is 5.76. The van der Waals surface area contributed by atoms with Crippen LogP contribution in [0.2, 0.25) is 0 Å². The minimum Gasteiger partial charge on any atom is -0.463 e. The lowest BCUT2D eigenvalue weighted by molar-refractivity contribution is 0.129. The summed E-state index contributed by atoms with van der Waals surface area (Å²) in [6.45, 7) is 10.3. The van der Waals surface area contributed by atoms with Gasteiger partial charge in [-0.25, -0.2) is 4.98 Å². The van der Waals surface area contributed by atoms with E-state index in [4.69, 9.17) is 14.5 Å². The van der Waals surface area contributed by atoms with Crippen molar-refractivity contribution in [3.63, 3.8) is 0 Å². The molecule has 166 valence electrons. The molecule has 0 bridgehead atoms. The van der Waals surface area contributed by atoms with Gasteiger partial charge in [0.25, 0.3) is 0 Å². The van der Waals surface area contributed by atoms with Gasteiger partial charge >= 0.3 is 6.01 Å². The van der Waals surface area contributed by atoms with Gasteiger partial charge in [0.2, 0.25) is 0 Å². The summed E-state index contributed by atoms with van der Waals surface area (Å²) in [6, 6.07) is 11.6. The summed E-state index contributed by atoms with van der Waals surface area (Å²) in [4.78, 5) is 11.6. The fourth-order valence-electron chi connectivity index (χ4n) is 4.09. The average molecular weight is 423 g/mol. The van der Waals surface area contributed by atoms with E-state index in [1.807, 2.05) is 13.1 Å². The summed E-state index contributed by atoms with van der Waals surface area (Å²) in [5.41, 5.74) is 4.65. The number of hydrogen-bond acceptors (Lipinski definition) is 5. The Morgan fingerprint density at radius 1 is 1.00 bits per heavy atom. The second-order valence-electron chi connectivity index (χ2n) is 8.29. The van der Waals surface area contributed by atoms with E-state index in [-0.39, 0.29) is 0 Å². The standard InChI is InChI=1S/C25H34N4O2/c1-3-5-14-31-25-26-16-22-15-23(19-30-4-2)29(24(22)27-25)18-21-10-8-20(9-11-21)17-28-12-6-7-13-28/h8-11,15-16H,3-7,12-14,17-19H2,1-2H3. The Morgan fingerprint density at radius 2 is 1.74 bits per heavy atom. The Hall–Kier alpha value is -2.44. The maximum Gasteiger partial charge on any atom is 0.318 e. The van der Waals surface area contributed by atoms with Crippen molar-refractivity contribution in [1.29, 1.82) is 0 Å². The average Bonchev–Trinajstić information content (AvgIpc) is 3.42. The third-order valence-corrected chi connectivity index (χ3v) is 5.85. The summed E-state index contributed by atoms with van der Waals surface area (Å²) < 4.78 is 13.7. The van der Waals surface area contributed by atoms with Gasteiger partial charge in [-0.3, -0.25) is 4.90 Å². The fourth-order valence-corrected chi connectivity index (χ4v) is 4.09. The fraction of sp³-hybridized carbons (Fsp3) is 0.520. The molecule has 2 aromatic heterocycles. The van der Waals surface area contributed by atoms with Gasteiger partial charge in [-0.2, -0.15) is 4.98 Å². The van der Waals surface area contributed by atoms with E-state index < -0.39 is 0 Å². The van der Waals surface area contributed by atoms with Crippen LogP contribution in [0.1, 0.15) is 56.4 Å². The van der Waals surface area contributed by atoms with Crippen molar-refractivity contribution in [1.82, 2.24) is 19.4 Å². The van der Waals surface area contributed by atoms with Crippen LogP contribution in [0.5, 0.6) is 6.01 Å². The van der Waals surface area contributed by atoms with Gasteiger partial charge in [0, 0.05) is 37.0 Å². The third kappa shape index (κ3) is 5.63. The molecule has 4 rings (SSSR count). The highest BCUT2D eigenvalue weighted by atomic mass is 16.5. The summed E-state index contributed by atoms with van der Waals surface area (Å²) in [6.07, 6.45) is 6.60. The first-order valence-corrected chi connectivity index (χ1v) is 11.6. The predicted molar refractivity (Wildman–Crippen MR) is 123 cm³/mol. The zero-order valence-electron chi connectivity index (χ0n) is 18.8. The molecule has 1 aliphatic heterocycles. The van der Waals surface area contributed by atoms with Crippen LogP contribution in [0.3, 0.4) is 0 Å². The molecule has 6 nitrogen and oxygen atoms in total. The molecule has 0 aliphatic carbocycles. The van der Waals surface area contributed by atoms with Crippen molar-refractivity contribution >= 4 is 11.0 Å². The van der Waals surface area contributed by atoms with Gasteiger partial charge in [0.1, 0.15) is 5.65 Å². The lowest BCUT2D eigenvalue weighted by Gasteiger charge is -2.15. The zero-order chi connectivity index (χ0) is 21.5. The molecule has 0 unspecified atom stereocenters. The minimum absolute atomic E-state index is 0.448. The highest BCUT2D eigenvalue weighted by Crippen LogP contribution is 2.22. The van der Waals surface area contributed by atoms with E-state index in [9.17, 15) is 0 Å². The normalized spacial score (nSPS) is 14.5. The highest BCUT2D eigenvalue weighted by Gasteiger charge is 2.14. The summed E-state index contributed by atoms with van der Waals surface area (Å²) in [5, 5.41) is 1.02. The van der Waals surface area contributed by atoms with Crippen molar-refractivity contribution < 1.29 is 9.47 Å². The van der Waals surface area contributed by atoms with E-state index in [0.29, 0.717) is 25.8 Å². The number of ether oxygens (including phenoxy) is 2. The van der Waals surface area contributed by atoms with Gasteiger partial charge in [-0.1, -0.05) is 37.6 Å². The van der Waals surface area contributed by atoms with Crippen LogP contribution in [0, 0.1) is 0 Å².